The lowest BCUT2D eigenvalue weighted by Gasteiger charge is -2.52. The fourth-order valence-corrected chi connectivity index (χ4v) is 5.71. The van der Waals surface area contributed by atoms with Crippen LogP contribution in [0, 0.1) is 23.0 Å². The van der Waals surface area contributed by atoms with Crippen molar-refractivity contribution in [1.29, 1.82) is 0 Å². The average Bonchev–Trinajstić information content (AvgIpc) is 2.69. The summed E-state index contributed by atoms with van der Waals surface area (Å²) in [5.41, 5.74) is 2.10. The standard InChI is InChI=1S/C21H25N2O5S/c1-16-2-8-20(9-3-16)29(26,27)28-21-15-23(12-10-18(21)11-13-23)14-17-4-6-19(7-5-17)22(24)25/h2-9,18,21H,10-15H2,1H3/q+1/t18?,21-,23?/m0/s1. The topological polar surface area (TPSA) is 86.5 Å². The number of quaternary nitrogens is 1. The summed E-state index contributed by atoms with van der Waals surface area (Å²) in [6.07, 6.45) is 1.53. The van der Waals surface area contributed by atoms with Crippen LogP contribution in [0.1, 0.15) is 24.0 Å². The van der Waals surface area contributed by atoms with Gasteiger partial charge in [-0.25, -0.2) is 0 Å². The second kappa shape index (κ2) is 7.51. The summed E-state index contributed by atoms with van der Waals surface area (Å²) < 4.78 is 32.0. The number of nitro benzene ring substituents is 1. The first-order chi connectivity index (χ1) is 13.8. The number of nitrogens with zero attached hydrogens (tertiary/aromatic N) is 2. The Kier molecular flexibility index (Phi) is 5.18. The lowest BCUT2D eigenvalue weighted by Crippen LogP contribution is -2.63. The molecule has 154 valence electrons. The van der Waals surface area contributed by atoms with Gasteiger partial charge in [-0.05, 0) is 31.2 Å². The van der Waals surface area contributed by atoms with Gasteiger partial charge in [0, 0.05) is 36.5 Å². The zero-order chi connectivity index (χ0) is 20.6. The molecule has 1 atom stereocenters. The minimum Gasteiger partial charge on any atom is -0.318 e. The monoisotopic (exact) mass is 417 g/mol. The molecule has 0 unspecified atom stereocenters. The van der Waals surface area contributed by atoms with Crippen LogP contribution in [-0.2, 0) is 20.8 Å². The summed E-state index contributed by atoms with van der Waals surface area (Å²) in [7, 11) is -3.80. The second-order valence-electron chi connectivity index (χ2n) is 8.29. The van der Waals surface area contributed by atoms with Crippen molar-refractivity contribution in [3.05, 3.63) is 69.8 Å². The molecule has 3 aliphatic rings. The zero-order valence-electron chi connectivity index (χ0n) is 16.4. The van der Waals surface area contributed by atoms with Gasteiger partial charge in [0.1, 0.15) is 19.2 Å². The van der Waals surface area contributed by atoms with Crippen molar-refractivity contribution in [2.45, 2.75) is 37.3 Å². The van der Waals surface area contributed by atoms with Gasteiger partial charge in [-0.1, -0.05) is 17.7 Å². The van der Waals surface area contributed by atoms with Crippen molar-refractivity contribution < 1.29 is 22.0 Å². The number of fused-ring (bicyclic) bond motifs is 3. The minimum absolute atomic E-state index is 0.0801. The Labute approximate surface area is 170 Å². The molecule has 0 aromatic heterocycles. The van der Waals surface area contributed by atoms with E-state index >= 15 is 0 Å². The van der Waals surface area contributed by atoms with Crippen molar-refractivity contribution in [3.8, 4) is 0 Å². The van der Waals surface area contributed by atoms with Gasteiger partial charge in [-0.3, -0.25) is 14.3 Å². The maximum absolute atomic E-state index is 12.8. The Hall–Kier alpha value is -2.29. The van der Waals surface area contributed by atoms with Gasteiger partial charge in [-0.15, -0.1) is 0 Å². The molecular weight excluding hydrogens is 392 g/mol. The van der Waals surface area contributed by atoms with E-state index in [1.165, 1.54) is 12.1 Å². The molecule has 0 N–H and O–H groups in total. The number of hydrogen-bond donors (Lipinski definition) is 0. The highest BCUT2D eigenvalue weighted by atomic mass is 32.2. The first-order valence-electron chi connectivity index (χ1n) is 9.85. The van der Waals surface area contributed by atoms with Crippen LogP contribution in [0.2, 0.25) is 0 Å². The highest BCUT2D eigenvalue weighted by Crippen LogP contribution is 2.38. The van der Waals surface area contributed by atoms with E-state index < -0.39 is 15.0 Å². The summed E-state index contributed by atoms with van der Waals surface area (Å²) in [4.78, 5) is 10.7. The third-order valence-corrected chi connectivity index (χ3v) is 7.62. The van der Waals surface area contributed by atoms with Crippen LogP contribution in [0.15, 0.2) is 53.4 Å². The Morgan fingerprint density at radius 1 is 1.07 bits per heavy atom. The van der Waals surface area contributed by atoms with Gasteiger partial charge >= 0.3 is 0 Å². The highest BCUT2D eigenvalue weighted by molar-refractivity contribution is 7.86. The van der Waals surface area contributed by atoms with Gasteiger partial charge in [-0.2, -0.15) is 8.42 Å². The minimum atomic E-state index is -3.80. The number of aryl methyl sites for hydroxylation is 1. The van der Waals surface area contributed by atoms with Crippen LogP contribution < -0.4 is 0 Å². The molecule has 7 nitrogen and oxygen atoms in total. The number of rotatable bonds is 6. The van der Waals surface area contributed by atoms with Crippen LogP contribution in [0.4, 0.5) is 5.69 Å². The molecule has 0 aliphatic carbocycles. The van der Waals surface area contributed by atoms with Crippen molar-refractivity contribution in [2.24, 2.45) is 5.92 Å². The summed E-state index contributed by atoms with van der Waals surface area (Å²) in [6.45, 7) is 5.25. The lowest BCUT2D eigenvalue weighted by atomic mass is 9.83. The van der Waals surface area contributed by atoms with Crippen molar-refractivity contribution in [2.75, 3.05) is 19.6 Å². The van der Waals surface area contributed by atoms with Gasteiger partial charge < -0.3 is 4.48 Å². The molecular formula is C21H25N2O5S+. The van der Waals surface area contributed by atoms with E-state index in [1.54, 1.807) is 36.4 Å². The Morgan fingerprint density at radius 3 is 2.28 bits per heavy atom. The number of hydrogen-bond acceptors (Lipinski definition) is 5. The van der Waals surface area contributed by atoms with Gasteiger partial charge in [0.25, 0.3) is 15.8 Å². The predicted octanol–water partition coefficient (Wildman–Crippen LogP) is 3.42. The molecule has 2 bridgehead atoms. The summed E-state index contributed by atoms with van der Waals surface area (Å²) in [5.74, 6) is 0.257. The fraction of sp³-hybridized carbons (Fsp3) is 0.429. The molecule has 5 rings (SSSR count). The molecule has 29 heavy (non-hydrogen) atoms. The normalized spacial score (nSPS) is 26.4. The Balaban J connectivity index is 1.49. The van der Waals surface area contributed by atoms with Crippen LogP contribution in [0.5, 0.6) is 0 Å². The Morgan fingerprint density at radius 2 is 1.69 bits per heavy atom. The summed E-state index contributed by atoms with van der Waals surface area (Å²) >= 11 is 0. The molecule has 3 fully saturated rings. The van der Waals surface area contributed by atoms with Crippen molar-refractivity contribution >= 4 is 15.8 Å². The highest BCUT2D eigenvalue weighted by Gasteiger charge is 2.48. The number of piperidine rings is 3. The van der Waals surface area contributed by atoms with E-state index in [1.807, 2.05) is 6.92 Å². The number of benzene rings is 2. The van der Waals surface area contributed by atoms with Crippen LogP contribution in [-0.4, -0.2) is 43.6 Å². The third kappa shape index (κ3) is 4.19. The zero-order valence-corrected chi connectivity index (χ0v) is 17.2. The Bertz CT molecular complexity index is 994. The quantitative estimate of drug-likeness (QED) is 0.311. The summed E-state index contributed by atoms with van der Waals surface area (Å²) in [6, 6.07) is 13.4. The molecule has 2 aromatic rings. The molecule has 3 aliphatic heterocycles. The van der Waals surface area contributed by atoms with E-state index in [-0.39, 0.29) is 22.6 Å². The van der Waals surface area contributed by atoms with E-state index in [4.69, 9.17) is 4.18 Å². The molecule has 3 heterocycles. The number of nitro groups is 1. The average molecular weight is 418 g/mol. The van der Waals surface area contributed by atoms with Gasteiger partial charge in [0.15, 0.2) is 0 Å². The fourth-order valence-electron chi connectivity index (χ4n) is 4.59. The van der Waals surface area contributed by atoms with Crippen LogP contribution >= 0.6 is 0 Å². The van der Waals surface area contributed by atoms with Crippen molar-refractivity contribution in [1.82, 2.24) is 0 Å². The van der Waals surface area contributed by atoms with Crippen molar-refractivity contribution in [3.63, 3.8) is 0 Å². The van der Waals surface area contributed by atoms with E-state index in [9.17, 15) is 18.5 Å². The maximum Gasteiger partial charge on any atom is 0.297 e. The van der Waals surface area contributed by atoms with E-state index in [0.717, 1.165) is 48.1 Å². The molecule has 3 saturated heterocycles. The molecule has 8 heteroatoms. The van der Waals surface area contributed by atoms with Crippen LogP contribution in [0.25, 0.3) is 0 Å². The largest absolute Gasteiger partial charge is 0.318 e. The van der Waals surface area contributed by atoms with E-state index in [2.05, 4.69) is 0 Å². The first kappa shape index (κ1) is 20.0. The number of non-ortho nitro benzene ring substituents is 1. The molecule has 0 radical (unpaired) electrons. The van der Waals surface area contributed by atoms with E-state index in [0.29, 0.717) is 6.54 Å². The SMILES string of the molecule is Cc1ccc(S(=O)(=O)O[C@H]2C[N+]3(Cc4ccc([N+](=O)[O-])cc4)CCC2CC3)cc1. The van der Waals surface area contributed by atoms with Gasteiger partial charge in [0.2, 0.25) is 0 Å². The predicted molar refractivity (Wildman–Crippen MR) is 108 cm³/mol. The molecule has 2 aromatic carbocycles. The molecule has 0 saturated carbocycles. The molecule has 0 spiro atoms. The van der Waals surface area contributed by atoms with Crippen LogP contribution in [0.3, 0.4) is 0 Å². The maximum atomic E-state index is 12.8. The second-order valence-corrected chi connectivity index (χ2v) is 9.86. The van der Waals surface area contributed by atoms with Gasteiger partial charge in [0.05, 0.1) is 22.9 Å². The lowest BCUT2D eigenvalue weighted by molar-refractivity contribution is -0.958. The first-order valence-corrected chi connectivity index (χ1v) is 11.3. The summed E-state index contributed by atoms with van der Waals surface area (Å²) in [5, 5.41) is 10.9. The smallest absolute Gasteiger partial charge is 0.297 e. The molecule has 0 amide bonds. The third-order valence-electron chi connectivity index (χ3n) is 6.27.